The molecule has 14 nitrogen and oxygen atoms in total. The second-order valence-corrected chi connectivity index (χ2v) is 14.3. The Morgan fingerprint density at radius 3 is 1.22 bits per heavy atom. The molecule has 0 radical (unpaired) electrons. The van der Waals surface area contributed by atoms with Gasteiger partial charge in [0, 0.05) is 58.0 Å². The van der Waals surface area contributed by atoms with Crippen LogP contribution in [0.15, 0.2) is 82.4 Å². The minimum Gasteiger partial charge on any atom is -0.494 e. The molecule has 2 aliphatic heterocycles. The fraction of sp³-hybridized carbons (Fsp3) is 0.227. The van der Waals surface area contributed by atoms with Crippen molar-refractivity contribution in [1.29, 1.82) is 0 Å². The Bertz CT molecular complexity index is 2810. The number of amides is 4. The van der Waals surface area contributed by atoms with E-state index in [1.165, 1.54) is 12.1 Å². The molecule has 0 bridgehead atoms. The van der Waals surface area contributed by atoms with Crippen LogP contribution in [0.2, 0.25) is 0 Å². The van der Waals surface area contributed by atoms with Crippen LogP contribution in [0.3, 0.4) is 0 Å². The van der Waals surface area contributed by atoms with E-state index in [0.717, 1.165) is 21.5 Å². The maximum Gasteiger partial charge on any atom is 0.333 e. The molecule has 0 unspecified atom stereocenters. The average Bonchev–Trinajstić information content (AvgIpc) is 3.71. The van der Waals surface area contributed by atoms with E-state index in [0.29, 0.717) is 64.7 Å². The molecule has 290 valence electrons. The lowest BCUT2D eigenvalue weighted by molar-refractivity contribution is -0.197. The number of hydrogen-bond donors (Lipinski definition) is 0. The Morgan fingerprint density at radius 2 is 0.828 bits per heavy atom. The molecule has 0 aliphatic carbocycles. The van der Waals surface area contributed by atoms with Gasteiger partial charge in [-0.2, -0.15) is 0 Å². The number of fused-ring (bicyclic) bond motifs is 6. The van der Waals surface area contributed by atoms with Gasteiger partial charge in [-0.25, -0.2) is 9.59 Å². The summed E-state index contributed by atoms with van der Waals surface area (Å²) in [6.07, 6.45) is 0.337. The summed E-state index contributed by atoms with van der Waals surface area (Å²) >= 11 is 0. The summed E-state index contributed by atoms with van der Waals surface area (Å²) in [6, 6.07) is 21.5. The predicted octanol–water partition coefficient (Wildman–Crippen LogP) is 5.73. The number of imide groups is 2. The number of hydrogen-bond acceptors (Lipinski definition) is 12. The van der Waals surface area contributed by atoms with Gasteiger partial charge < -0.3 is 19.1 Å². The first-order valence-corrected chi connectivity index (χ1v) is 18.9. The van der Waals surface area contributed by atoms with Crippen LogP contribution in [0.5, 0.6) is 11.5 Å². The van der Waals surface area contributed by atoms with Crippen molar-refractivity contribution in [1.82, 2.24) is 10.1 Å². The van der Waals surface area contributed by atoms with E-state index < -0.39 is 35.6 Å². The highest BCUT2D eigenvalue weighted by Crippen LogP contribution is 2.45. The molecule has 2 saturated heterocycles. The molecule has 0 N–H and O–H groups in total. The van der Waals surface area contributed by atoms with Gasteiger partial charge in [-0.1, -0.05) is 24.3 Å². The van der Waals surface area contributed by atoms with Gasteiger partial charge in [-0.15, -0.1) is 10.1 Å². The van der Waals surface area contributed by atoms with Crippen molar-refractivity contribution >= 4 is 100 Å². The molecule has 0 spiro atoms. The highest BCUT2D eigenvalue weighted by Gasteiger charge is 2.33. The minimum absolute atomic E-state index is 0.00670. The van der Waals surface area contributed by atoms with Crippen molar-refractivity contribution < 1.29 is 47.9 Å². The quantitative estimate of drug-likeness (QED) is 0.0637. The normalized spacial score (nSPS) is 14.7. The monoisotopic (exact) mass is 780 g/mol. The van der Waals surface area contributed by atoms with Crippen LogP contribution < -0.4 is 20.3 Å². The van der Waals surface area contributed by atoms with Gasteiger partial charge >= 0.3 is 11.9 Å². The van der Waals surface area contributed by atoms with Crippen LogP contribution in [-0.2, 0) is 38.4 Å². The molecule has 7 aromatic carbocycles. The van der Waals surface area contributed by atoms with Gasteiger partial charge in [0.15, 0.2) is 10.9 Å². The van der Waals surface area contributed by atoms with Crippen molar-refractivity contribution in [3.05, 3.63) is 93.2 Å². The van der Waals surface area contributed by atoms with Gasteiger partial charge in [-0.3, -0.25) is 28.8 Å². The third-order valence-corrected chi connectivity index (χ3v) is 10.6. The average molecular weight is 781 g/mol. The Balaban J connectivity index is 1.05. The van der Waals surface area contributed by atoms with Crippen molar-refractivity contribution in [3.8, 4) is 11.5 Å². The maximum atomic E-state index is 14.0. The molecule has 7 aromatic rings. The third kappa shape index (κ3) is 6.32. The molecule has 14 heteroatoms. The zero-order valence-electron chi connectivity index (χ0n) is 30.8. The highest BCUT2D eigenvalue weighted by atomic mass is 16.7. The molecule has 2 heterocycles. The topological polar surface area (TPSA) is 180 Å². The molecular formula is C44H32N2O12. The van der Waals surface area contributed by atoms with E-state index in [4.69, 9.17) is 19.1 Å². The number of hydroxylamine groups is 4. The van der Waals surface area contributed by atoms with Crippen LogP contribution in [0, 0.1) is 0 Å². The first kappa shape index (κ1) is 36.4. The summed E-state index contributed by atoms with van der Waals surface area (Å²) in [7, 11) is 0. The Morgan fingerprint density at radius 1 is 0.448 bits per heavy atom. The van der Waals surface area contributed by atoms with Crippen molar-refractivity contribution in [2.24, 2.45) is 0 Å². The largest absolute Gasteiger partial charge is 0.494 e. The summed E-state index contributed by atoms with van der Waals surface area (Å²) < 4.78 is 12.1. The van der Waals surface area contributed by atoms with E-state index in [2.05, 4.69) is 0 Å². The van der Waals surface area contributed by atoms with Crippen LogP contribution >= 0.6 is 0 Å². The van der Waals surface area contributed by atoms with E-state index in [1.807, 2.05) is 36.4 Å². The van der Waals surface area contributed by atoms with Crippen LogP contribution in [0.1, 0.15) is 51.4 Å². The van der Waals surface area contributed by atoms with Crippen molar-refractivity contribution in [3.63, 3.8) is 0 Å². The van der Waals surface area contributed by atoms with Crippen LogP contribution in [0.25, 0.3) is 64.6 Å². The molecule has 58 heavy (non-hydrogen) atoms. The maximum absolute atomic E-state index is 14.0. The smallest absolute Gasteiger partial charge is 0.333 e. The molecule has 4 amide bonds. The number of ether oxygens (including phenoxy) is 2. The van der Waals surface area contributed by atoms with E-state index in [9.17, 15) is 38.4 Å². The first-order valence-electron chi connectivity index (χ1n) is 18.9. The summed E-state index contributed by atoms with van der Waals surface area (Å²) in [5.41, 5.74) is -0.444. The highest BCUT2D eigenvalue weighted by molar-refractivity contribution is 6.41. The third-order valence-electron chi connectivity index (χ3n) is 10.6. The van der Waals surface area contributed by atoms with Gasteiger partial charge in [0.25, 0.3) is 23.6 Å². The predicted molar refractivity (Wildman–Crippen MR) is 210 cm³/mol. The van der Waals surface area contributed by atoms with Crippen LogP contribution in [0.4, 0.5) is 0 Å². The first-order chi connectivity index (χ1) is 28.0. The Hall–Kier alpha value is -7.22. The van der Waals surface area contributed by atoms with E-state index in [-0.39, 0.29) is 75.4 Å². The van der Waals surface area contributed by atoms with Gasteiger partial charge in [0.1, 0.15) is 11.5 Å². The van der Waals surface area contributed by atoms with Gasteiger partial charge in [0.2, 0.25) is 0 Å². The number of rotatable bonds is 12. The van der Waals surface area contributed by atoms with Gasteiger partial charge in [-0.05, 0) is 93.7 Å². The minimum atomic E-state index is -0.724. The van der Waals surface area contributed by atoms with Crippen LogP contribution in [-0.4, -0.2) is 58.9 Å². The number of benzene rings is 7. The van der Waals surface area contributed by atoms with Crippen molar-refractivity contribution in [2.75, 3.05) is 13.2 Å². The molecule has 0 aromatic heterocycles. The summed E-state index contributed by atoms with van der Waals surface area (Å²) in [4.78, 5) is 110. The Kier molecular flexibility index (Phi) is 9.03. The molecule has 0 atom stereocenters. The van der Waals surface area contributed by atoms with Gasteiger partial charge in [0.05, 0.1) is 26.1 Å². The SMILES string of the molecule is O=C(CCCOc1ccc2cc3ccc(=O)c4c3c(c2c1)c1c(=O)ccc2cc3ccc(OCCCC(=O)ON5C(=O)CCC5=O)cc3c4c21)ON1C(=O)CCC1=O. The lowest BCUT2D eigenvalue weighted by Gasteiger charge is -2.18. The lowest BCUT2D eigenvalue weighted by atomic mass is 9.85. The summed E-state index contributed by atoms with van der Waals surface area (Å²) in [6.45, 7) is 0.237. The molecule has 9 rings (SSSR count). The second kappa shape index (κ2) is 14.4. The Labute approximate surface area is 327 Å². The molecular weight excluding hydrogens is 748 g/mol. The number of carbonyl (C=O) groups is 6. The lowest BCUT2D eigenvalue weighted by Crippen LogP contribution is -2.32. The second-order valence-electron chi connectivity index (χ2n) is 14.3. The molecule has 2 aliphatic rings. The number of carbonyl (C=O) groups excluding carboxylic acids is 6. The summed E-state index contributed by atoms with van der Waals surface area (Å²) in [5, 5.41) is 9.03. The fourth-order valence-electron chi connectivity index (χ4n) is 7.96. The zero-order chi connectivity index (χ0) is 40.2. The fourth-order valence-corrected chi connectivity index (χ4v) is 7.96. The standard InChI is InChI=1S/C44H32N2O12/c47-31-11-8-26-20-24-6-10-28(56-18-2-4-38(54)58-46-35(51)15-16-36(46)52)22-30(24)42-40(26)43(31)41-29-21-27(9-5-23(29)19-25-7-12-32(48)44(42)39(25)41)55-17-1-3-37(53)57-45-33(49)13-14-34(45)50/h5-12,19-22H,1-4,13-18H2. The number of nitrogens with zero attached hydrogens (tertiary/aromatic N) is 2. The molecule has 2 fully saturated rings. The van der Waals surface area contributed by atoms with E-state index >= 15 is 0 Å². The summed E-state index contributed by atoms with van der Waals surface area (Å²) in [5.74, 6) is -2.71. The molecule has 0 saturated carbocycles. The van der Waals surface area contributed by atoms with E-state index in [1.54, 1.807) is 24.3 Å². The zero-order valence-corrected chi connectivity index (χ0v) is 30.8. The van der Waals surface area contributed by atoms with Crippen molar-refractivity contribution in [2.45, 2.75) is 51.4 Å².